The molecule has 8 nitrogen and oxygen atoms in total. The predicted octanol–water partition coefficient (Wildman–Crippen LogP) is -0.214. The topological polar surface area (TPSA) is 114 Å². The first-order valence-corrected chi connectivity index (χ1v) is 9.81. The zero-order valence-electron chi connectivity index (χ0n) is 12.7. The van der Waals surface area contributed by atoms with Crippen LogP contribution in [0.25, 0.3) is 11.2 Å². The fourth-order valence-corrected chi connectivity index (χ4v) is 5.84. The zero-order chi connectivity index (χ0) is 16.7. The van der Waals surface area contributed by atoms with Crippen molar-refractivity contribution < 1.29 is 20.1 Å². The minimum absolute atomic E-state index is 0.363. The molecule has 4 atom stereocenters. The Morgan fingerprint density at radius 3 is 2.67 bits per heavy atom. The van der Waals surface area contributed by atoms with Crippen molar-refractivity contribution in [1.29, 1.82) is 0 Å². The lowest BCUT2D eigenvalue weighted by atomic mass is 10.1. The maximum Gasteiger partial charge on any atom is 0.165 e. The lowest BCUT2D eigenvalue weighted by Gasteiger charge is -2.16. The number of aliphatic hydroxyl groups is 3. The number of thioether (sulfide) groups is 2. The molecule has 0 bridgehead atoms. The number of hydrogen-bond acceptors (Lipinski definition) is 9. The van der Waals surface area contributed by atoms with Crippen LogP contribution in [0.5, 0.6) is 0 Å². The van der Waals surface area contributed by atoms with Crippen molar-refractivity contribution in [2.75, 3.05) is 18.1 Å². The average Bonchev–Trinajstić information content (AvgIpc) is 3.30. The standard InChI is InChI=1S/C14H18N4O4S2/c19-4-8-11(20)12(21)14(22-8)18-6-17-10-7(15-5-16-13(10)18)3-9-23-1-2-24-9/h5-6,8-9,11-12,14,19-21H,1-4H2/t8-,11-,12-,14-/m1/s1. The van der Waals surface area contributed by atoms with Crippen LogP contribution < -0.4 is 0 Å². The molecule has 4 heterocycles. The van der Waals surface area contributed by atoms with Gasteiger partial charge in [-0.25, -0.2) is 15.0 Å². The normalized spacial score (nSPS) is 31.3. The van der Waals surface area contributed by atoms with Gasteiger partial charge >= 0.3 is 0 Å². The molecule has 0 aliphatic carbocycles. The molecule has 2 aliphatic heterocycles. The van der Waals surface area contributed by atoms with Crippen LogP contribution in [0.1, 0.15) is 11.9 Å². The Kier molecular flexibility index (Phi) is 4.67. The van der Waals surface area contributed by atoms with E-state index in [1.54, 1.807) is 4.57 Å². The molecular formula is C14H18N4O4S2. The molecule has 2 fully saturated rings. The van der Waals surface area contributed by atoms with Gasteiger partial charge in [-0.05, 0) is 0 Å². The molecule has 10 heteroatoms. The van der Waals surface area contributed by atoms with E-state index in [2.05, 4.69) is 15.0 Å². The molecule has 24 heavy (non-hydrogen) atoms. The molecule has 3 N–H and O–H groups in total. The maximum atomic E-state index is 10.2. The number of rotatable bonds is 4. The van der Waals surface area contributed by atoms with Gasteiger partial charge in [-0.3, -0.25) is 4.57 Å². The van der Waals surface area contributed by atoms with Gasteiger partial charge in [-0.1, -0.05) is 0 Å². The molecule has 2 aliphatic rings. The highest BCUT2D eigenvalue weighted by atomic mass is 32.2. The summed E-state index contributed by atoms with van der Waals surface area (Å²) in [5, 5.41) is 29.4. The summed E-state index contributed by atoms with van der Waals surface area (Å²) in [6, 6.07) is 0. The van der Waals surface area contributed by atoms with Crippen molar-refractivity contribution in [3.63, 3.8) is 0 Å². The number of fused-ring (bicyclic) bond motifs is 1. The lowest BCUT2D eigenvalue weighted by Crippen LogP contribution is -2.33. The summed E-state index contributed by atoms with van der Waals surface area (Å²) in [5.41, 5.74) is 2.11. The van der Waals surface area contributed by atoms with Crippen LogP contribution in [-0.4, -0.2) is 75.8 Å². The third-order valence-electron chi connectivity index (χ3n) is 4.28. The number of imidazole rings is 1. The highest BCUT2D eigenvalue weighted by Crippen LogP contribution is 2.35. The van der Waals surface area contributed by atoms with E-state index in [-0.39, 0.29) is 6.61 Å². The van der Waals surface area contributed by atoms with E-state index in [4.69, 9.17) is 4.74 Å². The first-order chi connectivity index (χ1) is 11.7. The number of ether oxygens (including phenoxy) is 1. The van der Waals surface area contributed by atoms with E-state index in [0.29, 0.717) is 15.7 Å². The predicted molar refractivity (Wildman–Crippen MR) is 90.7 cm³/mol. The van der Waals surface area contributed by atoms with Gasteiger partial charge in [0.05, 0.1) is 23.2 Å². The van der Waals surface area contributed by atoms with E-state index in [9.17, 15) is 15.3 Å². The van der Waals surface area contributed by atoms with Gasteiger partial charge in [-0.2, -0.15) is 0 Å². The van der Waals surface area contributed by atoms with Crippen LogP contribution in [0.15, 0.2) is 12.7 Å². The Morgan fingerprint density at radius 1 is 1.17 bits per heavy atom. The molecule has 2 aromatic rings. The molecule has 0 aromatic carbocycles. The Bertz CT molecular complexity index is 724. The van der Waals surface area contributed by atoms with E-state index >= 15 is 0 Å². The van der Waals surface area contributed by atoms with Crippen LogP contribution >= 0.6 is 23.5 Å². The largest absolute Gasteiger partial charge is 0.394 e. The van der Waals surface area contributed by atoms with E-state index in [1.165, 1.54) is 12.7 Å². The van der Waals surface area contributed by atoms with Gasteiger partial charge in [-0.15, -0.1) is 23.5 Å². The Labute approximate surface area is 146 Å². The minimum atomic E-state index is -1.15. The van der Waals surface area contributed by atoms with Crippen molar-refractivity contribution in [1.82, 2.24) is 19.5 Å². The van der Waals surface area contributed by atoms with Gasteiger partial charge in [0.2, 0.25) is 0 Å². The summed E-state index contributed by atoms with van der Waals surface area (Å²) in [4.78, 5) is 13.0. The molecule has 130 valence electrons. The highest BCUT2D eigenvalue weighted by molar-refractivity contribution is 8.20. The van der Waals surface area contributed by atoms with Crippen LogP contribution in [0.2, 0.25) is 0 Å². The number of hydrogen-bond donors (Lipinski definition) is 3. The van der Waals surface area contributed by atoms with Crippen molar-refractivity contribution in [2.45, 2.75) is 35.5 Å². The van der Waals surface area contributed by atoms with E-state index in [0.717, 1.165) is 23.6 Å². The SMILES string of the molecule is OC[C@H]1O[C@@H](n2cnc3c(CC4SCCS4)ncnc32)[C@H](O)[C@@H]1O. The third-order valence-corrected chi connectivity index (χ3v) is 7.31. The molecule has 0 spiro atoms. The van der Waals surface area contributed by atoms with Crippen LogP contribution in [-0.2, 0) is 11.2 Å². The molecule has 4 rings (SSSR count). The summed E-state index contributed by atoms with van der Waals surface area (Å²) in [7, 11) is 0. The maximum absolute atomic E-state index is 10.2. The first kappa shape index (κ1) is 16.6. The monoisotopic (exact) mass is 370 g/mol. The van der Waals surface area contributed by atoms with Crippen molar-refractivity contribution >= 4 is 34.7 Å². The van der Waals surface area contributed by atoms with Crippen molar-refractivity contribution in [3.8, 4) is 0 Å². The molecule has 2 saturated heterocycles. The summed E-state index contributed by atoms with van der Waals surface area (Å²) in [6.07, 6.45) is -0.125. The number of aliphatic hydroxyl groups excluding tert-OH is 3. The number of nitrogens with zero attached hydrogens (tertiary/aromatic N) is 4. The molecule has 0 radical (unpaired) electrons. The van der Waals surface area contributed by atoms with E-state index in [1.807, 2.05) is 23.5 Å². The minimum Gasteiger partial charge on any atom is -0.394 e. The fraction of sp³-hybridized carbons (Fsp3) is 0.643. The smallest absolute Gasteiger partial charge is 0.165 e. The first-order valence-electron chi connectivity index (χ1n) is 7.71. The average molecular weight is 370 g/mol. The Balaban J connectivity index is 1.65. The quantitative estimate of drug-likeness (QED) is 0.672. The second-order valence-electron chi connectivity index (χ2n) is 5.75. The molecule has 2 aromatic heterocycles. The van der Waals surface area contributed by atoms with E-state index < -0.39 is 24.5 Å². The lowest BCUT2D eigenvalue weighted by molar-refractivity contribution is -0.0511. The summed E-state index contributed by atoms with van der Waals surface area (Å²) >= 11 is 3.85. The van der Waals surface area contributed by atoms with Gasteiger partial charge < -0.3 is 20.1 Å². The molecule has 0 unspecified atom stereocenters. The van der Waals surface area contributed by atoms with Crippen LogP contribution in [0, 0.1) is 0 Å². The number of aromatic nitrogens is 4. The molecular weight excluding hydrogens is 352 g/mol. The highest BCUT2D eigenvalue weighted by Gasteiger charge is 2.44. The summed E-state index contributed by atoms with van der Waals surface area (Å²) in [6.45, 7) is -0.363. The second kappa shape index (κ2) is 6.77. The van der Waals surface area contributed by atoms with Gasteiger partial charge in [0.15, 0.2) is 11.9 Å². The van der Waals surface area contributed by atoms with Crippen LogP contribution in [0.4, 0.5) is 0 Å². The fourth-order valence-electron chi connectivity index (χ4n) is 3.03. The molecule has 0 saturated carbocycles. The van der Waals surface area contributed by atoms with Crippen LogP contribution in [0.3, 0.4) is 0 Å². The van der Waals surface area contributed by atoms with Gasteiger partial charge in [0, 0.05) is 17.9 Å². The summed E-state index contributed by atoms with van der Waals surface area (Å²) in [5.74, 6) is 2.31. The third kappa shape index (κ3) is 2.80. The Morgan fingerprint density at radius 2 is 1.96 bits per heavy atom. The summed E-state index contributed by atoms with van der Waals surface area (Å²) < 4.78 is 7.64. The molecule has 0 amide bonds. The van der Waals surface area contributed by atoms with Gasteiger partial charge in [0.1, 0.15) is 30.2 Å². The van der Waals surface area contributed by atoms with Crippen molar-refractivity contribution in [3.05, 3.63) is 18.3 Å². The van der Waals surface area contributed by atoms with Gasteiger partial charge in [0.25, 0.3) is 0 Å². The van der Waals surface area contributed by atoms with Crippen molar-refractivity contribution in [2.24, 2.45) is 0 Å². The Hall–Kier alpha value is -0.910. The second-order valence-corrected chi connectivity index (χ2v) is 8.67. The zero-order valence-corrected chi connectivity index (χ0v) is 14.4.